The molecule has 1 amide bonds. The number of morpholine rings is 1. The van der Waals surface area contributed by atoms with Crippen molar-refractivity contribution in [3.05, 3.63) is 30.1 Å². The molecule has 4 rings (SSSR count). The number of hydrogen-bond acceptors (Lipinski definition) is 5. The van der Waals surface area contributed by atoms with E-state index in [1.165, 1.54) is 5.56 Å². The number of ether oxygens (including phenoxy) is 2. The molecule has 6 heteroatoms. The summed E-state index contributed by atoms with van der Waals surface area (Å²) in [6.07, 6.45) is 4.33. The van der Waals surface area contributed by atoms with E-state index in [0.29, 0.717) is 32.2 Å². The molecular formula is C18H25N3O3. The number of carbonyl (C=O) groups excluding carboxylic acids is 1. The van der Waals surface area contributed by atoms with Gasteiger partial charge in [-0.05, 0) is 11.6 Å². The fourth-order valence-electron chi connectivity index (χ4n) is 4.29. The number of carbonyl (C=O) groups is 1. The highest BCUT2D eigenvalue weighted by atomic mass is 16.5. The summed E-state index contributed by atoms with van der Waals surface area (Å²) in [7, 11) is 0. The van der Waals surface area contributed by atoms with Gasteiger partial charge in [-0.3, -0.25) is 14.7 Å². The lowest BCUT2D eigenvalue weighted by Gasteiger charge is -2.32. The zero-order valence-corrected chi connectivity index (χ0v) is 14.0. The Hall–Kier alpha value is -1.50. The van der Waals surface area contributed by atoms with Crippen LogP contribution in [0.3, 0.4) is 0 Å². The third-order valence-electron chi connectivity index (χ3n) is 5.59. The number of aromatic nitrogens is 1. The van der Waals surface area contributed by atoms with E-state index in [1.54, 1.807) is 6.20 Å². The van der Waals surface area contributed by atoms with Crippen LogP contribution in [0.4, 0.5) is 0 Å². The zero-order valence-electron chi connectivity index (χ0n) is 14.0. The number of hydrogen-bond donors (Lipinski definition) is 0. The highest BCUT2D eigenvalue weighted by molar-refractivity contribution is 5.77. The predicted octanol–water partition coefficient (Wildman–Crippen LogP) is 0.779. The molecule has 1 aromatic rings. The second kappa shape index (κ2) is 6.78. The molecule has 0 unspecified atom stereocenters. The van der Waals surface area contributed by atoms with Crippen LogP contribution >= 0.6 is 0 Å². The molecule has 3 fully saturated rings. The van der Waals surface area contributed by atoms with Crippen molar-refractivity contribution in [3.63, 3.8) is 0 Å². The maximum absolute atomic E-state index is 12.7. The molecule has 130 valence electrons. The van der Waals surface area contributed by atoms with Gasteiger partial charge in [-0.2, -0.15) is 0 Å². The highest BCUT2D eigenvalue weighted by Gasteiger charge is 2.51. The Morgan fingerprint density at radius 3 is 3.00 bits per heavy atom. The van der Waals surface area contributed by atoms with Crippen LogP contribution < -0.4 is 0 Å². The van der Waals surface area contributed by atoms with Crippen molar-refractivity contribution < 1.29 is 14.3 Å². The van der Waals surface area contributed by atoms with Crippen molar-refractivity contribution in [1.29, 1.82) is 0 Å². The highest BCUT2D eigenvalue weighted by Crippen LogP contribution is 2.44. The number of amides is 1. The van der Waals surface area contributed by atoms with E-state index in [-0.39, 0.29) is 11.3 Å². The summed E-state index contributed by atoms with van der Waals surface area (Å²) in [4.78, 5) is 21.4. The van der Waals surface area contributed by atoms with E-state index in [0.717, 1.165) is 39.3 Å². The number of nitrogens with zero attached hydrogens (tertiary/aromatic N) is 3. The van der Waals surface area contributed by atoms with Crippen molar-refractivity contribution in [2.45, 2.75) is 13.0 Å². The molecule has 2 atom stereocenters. The van der Waals surface area contributed by atoms with Crippen LogP contribution in [0.15, 0.2) is 24.5 Å². The number of pyridine rings is 1. The minimum absolute atomic E-state index is 0.0163. The summed E-state index contributed by atoms with van der Waals surface area (Å²) in [6, 6.07) is 4.09. The van der Waals surface area contributed by atoms with Gasteiger partial charge in [0.2, 0.25) is 5.91 Å². The van der Waals surface area contributed by atoms with Gasteiger partial charge in [-0.15, -0.1) is 0 Å². The molecular weight excluding hydrogens is 306 g/mol. The second-order valence-corrected chi connectivity index (χ2v) is 7.28. The molecule has 3 aliphatic heterocycles. The molecule has 0 saturated carbocycles. The van der Waals surface area contributed by atoms with Crippen LogP contribution in [0.2, 0.25) is 0 Å². The first-order valence-electron chi connectivity index (χ1n) is 8.80. The SMILES string of the molecule is O=C(C[C@@]12COC[C@@H]1CN(Cc1cccnc1)C2)N1CCOCC1. The molecule has 0 spiro atoms. The molecule has 4 heterocycles. The van der Waals surface area contributed by atoms with E-state index < -0.39 is 0 Å². The molecule has 0 radical (unpaired) electrons. The monoisotopic (exact) mass is 331 g/mol. The van der Waals surface area contributed by atoms with Gasteiger partial charge in [-0.1, -0.05) is 6.07 Å². The van der Waals surface area contributed by atoms with Crippen LogP contribution in [-0.4, -0.2) is 73.3 Å². The summed E-state index contributed by atoms with van der Waals surface area (Å²) in [5, 5.41) is 0. The molecule has 6 nitrogen and oxygen atoms in total. The first-order valence-corrected chi connectivity index (χ1v) is 8.80. The lowest BCUT2D eigenvalue weighted by atomic mass is 9.77. The van der Waals surface area contributed by atoms with E-state index >= 15 is 0 Å². The van der Waals surface area contributed by atoms with E-state index in [9.17, 15) is 4.79 Å². The fraction of sp³-hybridized carbons (Fsp3) is 0.667. The molecule has 3 aliphatic rings. The largest absolute Gasteiger partial charge is 0.380 e. The summed E-state index contributed by atoms with van der Waals surface area (Å²) < 4.78 is 11.1. The molecule has 0 bridgehead atoms. The standard InChI is InChI=1S/C18H25N3O3/c22-17(21-4-6-23-7-5-21)8-18-13-20(11-16(18)12-24-14-18)10-15-2-1-3-19-9-15/h1-3,9,16H,4-8,10-14H2/t16-,18+/m0/s1. The van der Waals surface area contributed by atoms with Crippen molar-refractivity contribution in [1.82, 2.24) is 14.8 Å². The molecule has 3 saturated heterocycles. The third-order valence-corrected chi connectivity index (χ3v) is 5.59. The Morgan fingerprint density at radius 1 is 1.33 bits per heavy atom. The average Bonchev–Trinajstić information content (AvgIpc) is 3.12. The van der Waals surface area contributed by atoms with Gasteiger partial charge in [0.15, 0.2) is 0 Å². The van der Waals surface area contributed by atoms with Gasteiger partial charge in [0.05, 0.1) is 26.4 Å². The predicted molar refractivity (Wildman–Crippen MR) is 88.3 cm³/mol. The zero-order chi connectivity index (χ0) is 16.4. The van der Waals surface area contributed by atoms with E-state index in [4.69, 9.17) is 9.47 Å². The average molecular weight is 331 g/mol. The first-order chi connectivity index (χ1) is 11.8. The molecule has 0 N–H and O–H groups in total. The lowest BCUT2D eigenvalue weighted by Crippen LogP contribution is -2.44. The Morgan fingerprint density at radius 2 is 2.21 bits per heavy atom. The van der Waals surface area contributed by atoms with Crippen LogP contribution in [0.25, 0.3) is 0 Å². The summed E-state index contributed by atoms with van der Waals surface area (Å²) in [5.41, 5.74) is 1.21. The molecule has 0 aliphatic carbocycles. The summed E-state index contributed by atoms with van der Waals surface area (Å²) in [5.74, 6) is 0.719. The van der Waals surface area contributed by atoms with Crippen molar-refractivity contribution in [3.8, 4) is 0 Å². The quantitative estimate of drug-likeness (QED) is 0.816. The van der Waals surface area contributed by atoms with Gasteiger partial charge in [0.1, 0.15) is 0 Å². The Labute approximate surface area is 142 Å². The minimum Gasteiger partial charge on any atom is -0.380 e. The Kier molecular flexibility index (Phi) is 4.52. The van der Waals surface area contributed by atoms with Crippen LogP contribution in [0, 0.1) is 11.3 Å². The van der Waals surface area contributed by atoms with Gasteiger partial charge < -0.3 is 14.4 Å². The number of likely N-dealkylation sites (tertiary alicyclic amines) is 1. The van der Waals surface area contributed by atoms with E-state index in [1.807, 2.05) is 17.2 Å². The summed E-state index contributed by atoms with van der Waals surface area (Å²) in [6.45, 7) is 7.08. The minimum atomic E-state index is -0.0163. The Balaban J connectivity index is 1.41. The molecule has 0 aromatic carbocycles. The summed E-state index contributed by atoms with van der Waals surface area (Å²) >= 11 is 0. The smallest absolute Gasteiger partial charge is 0.223 e. The van der Waals surface area contributed by atoms with Crippen molar-refractivity contribution >= 4 is 5.91 Å². The number of fused-ring (bicyclic) bond motifs is 1. The maximum Gasteiger partial charge on any atom is 0.223 e. The lowest BCUT2D eigenvalue weighted by molar-refractivity contribution is -0.138. The maximum atomic E-state index is 12.7. The number of rotatable bonds is 4. The normalized spacial score (nSPS) is 30.5. The second-order valence-electron chi connectivity index (χ2n) is 7.28. The fourth-order valence-corrected chi connectivity index (χ4v) is 4.29. The topological polar surface area (TPSA) is 54.9 Å². The first kappa shape index (κ1) is 16.0. The van der Waals surface area contributed by atoms with Gasteiger partial charge in [-0.25, -0.2) is 0 Å². The van der Waals surface area contributed by atoms with Crippen LogP contribution in [0.5, 0.6) is 0 Å². The van der Waals surface area contributed by atoms with E-state index in [2.05, 4.69) is 16.0 Å². The van der Waals surface area contributed by atoms with Gasteiger partial charge >= 0.3 is 0 Å². The molecule has 1 aromatic heterocycles. The molecule has 24 heavy (non-hydrogen) atoms. The van der Waals surface area contributed by atoms with Gasteiger partial charge in [0.25, 0.3) is 0 Å². The van der Waals surface area contributed by atoms with Crippen molar-refractivity contribution in [2.24, 2.45) is 11.3 Å². The van der Waals surface area contributed by atoms with Crippen LogP contribution in [-0.2, 0) is 20.8 Å². The third kappa shape index (κ3) is 3.18. The van der Waals surface area contributed by atoms with Gasteiger partial charge in [0, 0.05) is 62.9 Å². The Bertz CT molecular complexity index is 576. The van der Waals surface area contributed by atoms with Crippen molar-refractivity contribution in [2.75, 3.05) is 52.6 Å². The van der Waals surface area contributed by atoms with Crippen LogP contribution in [0.1, 0.15) is 12.0 Å².